The Morgan fingerprint density at radius 1 is 1.04 bits per heavy atom. The van der Waals surface area contributed by atoms with E-state index in [0.717, 1.165) is 11.1 Å². The van der Waals surface area contributed by atoms with Crippen molar-refractivity contribution in [3.63, 3.8) is 0 Å². The number of carbonyl (C=O) groups is 4. The molecule has 3 aliphatic rings. The molecule has 0 radical (unpaired) electrons. The van der Waals surface area contributed by atoms with Crippen LogP contribution in [0.15, 0.2) is 88.8 Å². The number of thioether (sulfide) groups is 1. The van der Waals surface area contributed by atoms with Crippen molar-refractivity contribution in [2.45, 2.75) is 56.4 Å². The molecule has 1 aromatic heterocycles. The number of thiazole rings is 1. The number of carbonyl (C=O) groups excluding carboxylic acids is 4. The average Bonchev–Trinajstić information content (AvgIpc) is 3.71. The molecule has 3 aromatic rings. The first-order chi connectivity index (χ1) is 21.6. The lowest BCUT2D eigenvalue weighted by molar-refractivity contribution is -0.164. The summed E-state index contributed by atoms with van der Waals surface area (Å²) in [5, 5.41) is 9.06. The van der Waals surface area contributed by atoms with E-state index in [1.807, 2.05) is 60.7 Å². The van der Waals surface area contributed by atoms with Crippen LogP contribution in [0.1, 0.15) is 49.4 Å². The average molecular weight is 645 g/mol. The van der Waals surface area contributed by atoms with E-state index in [2.05, 4.69) is 15.6 Å². The van der Waals surface area contributed by atoms with Crippen molar-refractivity contribution in [2.75, 3.05) is 6.54 Å². The van der Waals surface area contributed by atoms with Crippen LogP contribution in [-0.4, -0.2) is 63.4 Å². The number of amides is 3. The number of hydrogen-bond acceptors (Lipinski definition) is 9. The normalized spacial score (nSPS) is 22.2. The molecular weight excluding hydrogens is 613 g/mol. The maximum Gasteiger partial charge on any atom is 0.408 e. The molecule has 0 unspecified atom stereocenters. The smallest absolute Gasteiger partial charge is 0.408 e. The van der Waals surface area contributed by atoms with Crippen molar-refractivity contribution in [3.05, 3.63) is 105 Å². The first-order valence-electron chi connectivity index (χ1n) is 14.5. The standard InChI is InChI=1S/C33H32N4O6S2/c1-33(2,3)43-32(41)36-24-29(39)37-25(31(40)42-26(19-10-6-4-7-11-19)20-12-8-5-9-13-20)22(18-45-30(24)37)23(28-35-16-17-44-28)21-14-15-34-27(21)38/h4-13,16-18,24-26,30H,14-15H2,1-3H3,(H,34,38)(H,36,41)/t24-,25-,30-/m1/s1. The summed E-state index contributed by atoms with van der Waals surface area (Å²) in [4.78, 5) is 59.8. The summed E-state index contributed by atoms with van der Waals surface area (Å²) in [5.41, 5.74) is 2.23. The lowest BCUT2D eigenvalue weighted by Crippen LogP contribution is -2.74. The van der Waals surface area contributed by atoms with E-state index in [9.17, 15) is 19.2 Å². The Morgan fingerprint density at radius 3 is 2.27 bits per heavy atom. The van der Waals surface area contributed by atoms with E-state index in [4.69, 9.17) is 9.47 Å². The highest BCUT2D eigenvalue weighted by Crippen LogP contribution is 2.46. The summed E-state index contributed by atoms with van der Waals surface area (Å²) >= 11 is 2.63. The van der Waals surface area contributed by atoms with Crippen molar-refractivity contribution >= 4 is 52.5 Å². The highest BCUT2D eigenvalue weighted by molar-refractivity contribution is 8.03. The molecule has 10 nitrogen and oxygen atoms in total. The Balaban J connectivity index is 1.40. The molecule has 6 rings (SSSR count). The Kier molecular flexibility index (Phi) is 8.52. The molecular formula is C33H32N4O6S2. The molecule has 2 aromatic carbocycles. The highest BCUT2D eigenvalue weighted by Gasteiger charge is 2.57. The molecule has 0 aliphatic carbocycles. The van der Waals surface area contributed by atoms with E-state index in [-0.39, 0.29) is 5.91 Å². The minimum atomic E-state index is -1.20. The minimum Gasteiger partial charge on any atom is -0.451 e. The summed E-state index contributed by atoms with van der Waals surface area (Å²) in [5.74, 6) is -1.37. The van der Waals surface area contributed by atoms with Gasteiger partial charge in [0.2, 0.25) is 11.8 Å². The summed E-state index contributed by atoms with van der Waals surface area (Å²) in [6, 6.07) is 16.6. The monoisotopic (exact) mass is 644 g/mol. The van der Waals surface area contributed by atoms with Gasteiger partial charge >= 0.3 is 12.1 Å². The topological polar surface area (TPSA) is 127 Å². The second-order valence-corrected chi connectivity index (χ2v) is 13.6. The number of fused-ring (bicyclic) bond motifs is 1. The van der Waals surface area contributed by atoms with Crippen molar-refractivity contribution in [2.24, 2.45) is 0 Å². The Hall–Kier alpha value is -4.42. The lowest BCUT2D eigenvalue weighted by Gasteiger charge is -2.52. The number of β-lactam (4-membered cyclic amide) rings is 1. The predicted octanol–water partition coefficient (Wildman–Crippen LogP) is 4.81. The predicted molar refractivity (Wildman–Crippen MR) is 171 cm³/mol. The third-order valence-corrected chi connectivity index (χ3v) is 9.45. The molecule has 0 saturated carbocycles. The zero-order valence-electron chi connectivity index (χ0n) is 24.9. The molecule has 3 aliphatic heterocycles. The van der Waals surface area contributed by atoms with Gasteiger partial charge in [-0.2, -0.15) is 0 Å². The van der Waals surface area contributed by atoms with Gasteiger partial charge < -0.3 is 25.0 Å². The number of aromatic nitrogens is 1. The number of rotatable bonds is 7. The van der Waals surface area contributed by atoms with Crippen molar-refractivity contribution in [1.29, 1.82) is 0 Å². The zero-order chi connectivity index (χ0) is 31.7. The van der Waals surface area contributed by atoms with E-state index in [1.54, 1.807) is 37.8 Å². The molecule has 0 spiro atoms. The van der Waals surface area contributed by atoms with E-state index in [1.165, 1.54) is 28.0 Å². The van der Waals surface area contributed by atoms with Gasteiger partial charge in [-0.05, 0) is 43.7 Å². The van der Waals surface area contributed by atoms with Gasteiger partial charge in [-0.1, -0.05) is 60.7 Å². The van der Waals surface area contributed by atoms with Crippen LogP contribution in [0.5, 0.6) is 0 Å². The highest BCUT2D eigenvalue weighted by atomic mass is 32.2. The van der Waals surface area contributed by atoms with Crippen LogP contribution in [0, 0.1) is 0 Å². The number of hydrogen-bond donors (Lipinski definition) is 2. The summed E-state index contributed by atoms with van der Waals surface area (Å²) < 4.78 is 11.7. The van der Waals surface area contributed by atoms with Gasteiger partial charge in [0, 0.05) is 34.8 Å². The molecule has 2 N–H and O–H groups in total. The molecule has 12 heteroatoms. The van der Waals surface area contributed by atoms with E-state index in [0.29, 0.717) is 34.7 Å². The second kappa shape index (κ2) is 12.5. The number of esters is 1. The fourth-order valence-corrected chi connectivity index (χ4v) is 7.53. The largest absolute Gasteiger partial charge is 0.451 e. The van der Waals surface area contributed by atoms with Crippen LogP contribution in [0.2, 0.25) is 0 Å². The maximum atomic E-state index is 14.5. The summed E-state index contributed by atoms with van der Waals surface area (Å²) in [6.45, 7) is 5.66. The van der Waals surface area contributed by atoms with Crippen LogP contribution in [0.4, 0.5) is 4.79 Å². The fraction of sp³-hybridized carbons (Fsp3) is 0.303. The van der Waals surface area contributed by atoms with E-state index >= 15 is 0 Å². The van der Waals surface area contributed by atoms with Crippen LogP contribution in [-0.2, 0) is 23.9 Å². The molecule has 232 valence electrons. The molecule has 4 heterocycles. The molecule has 2 saturated heterocycles. The molecule has 45 heavy (non-hydrogen) atoms. The Morgan fingerprint density at radius 2 is 1.71 bits per heavy atom. The van der Waals surface area contributed by atoms with Crippen molar-refractivity contribution in [3.8, 4) is 0 Å². The third-order valence-electron chi connectivity index (χ3n) is 7.49. The Bertz CT molecular complexity index is 1630. The number of ether oxygens (including phenoxy) is 2. The SMILES string of the molecule is CC(C)(C)OC(=O)N[C@@H]1C(=O)N2[C@@H](C(=O)OC(c3ccccc3)c3ccccc3)C(C(=C3CCNC3=O)c3nccs3)=CS[C@H]12. The second-order valence-electron chi connectivity index (χ2n) is 11.7. The number of alkyl carbamates (subject to hydrolysis) is 1. The molecule has 0 bridgehead atoms. The fourth-order valence-electron chi connectivity index (χ4n) is 5.56. The lowest BCUT2D eigenvalue weighted by atomic mass is 9.90. The van der Waals surface area contributed by atoms with Crippen LogP contribution in [0.3, 0.4) is 0 Å². The first kappa shape index (κ1) is 30.6. The number of benzene rings is 2. The molecule has 3 amide bonds. The van der Waals surface area contributed by atoms with Crippen molar-refractivity contribution < 1.29 is 28.7 Å². The maximum absolute atomic E-state index is 14.5. The van der Waals surface area contributed by atoms with Gasteiger partial charge in [0.05, 0.1) is 0 Å². The van der Waals surface area contributed by atoms with Gasteiger partial charge in [-0.3, -0.25) is 9.59 Å². The molecule has 2 fully saturated rings. The zero-order valence-corrected chi connectivity index (χ0v) is 26.5. The van der Waals surface area contributed by atoms with Crippen LogP contribution in [0.25, 0.3) is 5.57 Å². The quantitative estimate of drug-likeness (QED) is 0.213. The number of nitrogens with one attached hydrogen (secondary N) is 2. The van der Waals surface area contributed by atoms with Gasteiger partial charge in [-0.25, -0.2) is 14.6 Å². The van der Waals surface area contributed by atoms with E-state index < -0.39 is 47.1 Å². The van der Waals surface area contributed by atoms with Gasteiger partial charge in [0.1, 0.15) is 22.0 Å². The van der Waals surface area contributed by atoms with Crippen LogP contribution < -0.4 is 10.6 Å². The van der Waals surface area contributed by atoms with Gasteiger partial charge in [0.15, 0.2) is 12.1 Å². The summed E-state index contributed by atoms with van der Waals surface area (Å²) in [7, 11) is 0. The minimum absolute atomic E-state index is 0.244. The number of nitrogens with zero attached hydrogens (tertiary/aromatic N) is 2. The third kappa shape index (κ3) is 6.25. The van der Waals surface area contributed by atoms with Crippen LogP contribution >= 0.6 is 23.1 Å². The summed E-state index contributed by atoms with van der Waals surface area (Å²) in [6.07, 6.45) is 0.591. The van der Waals surface area contributed by atoms with Gasteiger partial charge in [-0.15, -0.1) is 23.1 Å². The Labute approximate surface area is 268 Å². The van der Waals surface area contributed by atoms with Gasteiger partial charge in [0.25, 0.3) is 0 Å². The first-order valence-corrected chi connectivity index (χ1v) is 16.3. The molecule has 3 atom stereocenters. The van der Waals surface area contributed by atoms with Crippen molar-refractivity contribution in [1.82, 2.24) is 20.5 Å².